The minimum absolute atomic E-state index is 0.0260. The van der Waals surface area contributed by atoms with Crippen molar-refractivity contribution in [3.05, 3.63) is 29.3 Å². The van der Waals surface area contributed by atoms with E-state index in [4.69, 9.17) is 0 Å². The Bertz CT molecular complexity index is 635. The third-order valence-corrected chi connectivity index (χ3v) is 3.54. The van der Waals surface area contributed by atoms with Crippen molar-refractivity contribution in [2.75, 3.05) is 18.6 Å². The van der Waals surface area contributed by atoms with E-state index in [0.717, 1.165) is 12.0 Å². The van der Waals surface area contributed by atoms with E-state index in [1.54, 1.807) is 0 Å². The van der Waals surface area contributed by atoms with E-state index in [1.807, 2.05) is 0 Å². The van der Waals surface area contributed by atoms with Gasteiger partial charge in [0.1, 0.15) is 0 Å². The number of esters is 1. The molecule has 4 nitrogen and oxygen atoms in total. The van der Waals surface area contributed by atoms with Gasteiger partial charge in [-0.15, -0.1) is 0 Å². The van der Waals surface area contributed by atoms with Crippen LogP contribution < -0.4 is 4.90 Å². The van der Waals surface area contributed by atoms with Crippen LogP contribution >= 0.6 is 0 Å². The molecule has 1 fully saturated rings. The molecule has 0 saturated carbocycles. The first-order chi connectivity index (χ1) is 10.9. The minimum atomic E-state index is -5.01. The summed E-state index contributed by atoms with van der Waals surface area (Å²) in [5, 5.41) is 0. The summed E-state index contributed by atoms with van der Waals surface area (Å²) in [7, 11) is 1.07. The highest BCUT2D eigenvalue weighted by atomic mass is 19.4. The summed E-state index contributed by atoms with van der Waals surface area (Å²) in [5.41, 5.74) is -3.61. The van der Waals surface area contributed by atoms with Gasteiger partial charge in [0, 0.05) is 18.7 Å². The molecular formula is C14H11F6NO3. The number of rotatable bonds is 2. The Morgan fingerprint density at radius 3 is 2.00 bits per heavy atom. The number of alkyl halides is 6. The van der Waals surface area contributed by atoms with Crippen LogP contribution in [0.15, 0.2) is 18.2 Å². The van der Waals surface area contributed by atoms with Gasteiger partial charge in [-0.3, -0.25) is 9.59 Å². The van der Waals surface area contributed by atoms with Gasteiger partial charge in [-0.25, -0.2) is 0 Å². The molecule has 0 aromatic heterocycles. The lowest BCUT2D eigenvalue weighted by Crippen LogP contribution is -2.27. The first-order valence-corrected chi connectivity index (χ1v) is 6.61. The summed E-state index contributed by atoms with van der Waals surface area (Å²) in [6.07, 6.45) is -10.4. The molecule has 24 heavy (non-hydrogen) atoms. The molecule has 0 N–H and O–H groups in total. The van der Waals surface area contributed by atoms with Gasteiger partial charge in [-0.05, 0) is 18.2 Å². The molecule has 0 bridgehead atoms. The molecular weight excluding hydrogens is 344 g/mol. The van der Waals surface area contributed by atoms with Crippen LogP contribution in [0.3, 0.4) is 0 Å². The first kappa shape index (κ1) is 18.1. The highest BCUT2D eigenvalue weighted by molar-refractivity contribution is 5.99. The van der Waals surface area contributed by atoms with Crippen molar-refractivity contribution >= 4 is 17.6 Å². The second kappa shape index (κ2) is 5.99. The molecule has 1 aliphatic rings. The number of ether oxygens (including phenoxy) is 1. The zero-order chi connectivity index (χ0) is 18.3. The number of methoxy groups -OCH3 is 1. The Kier molecular flexibility index (Phi) is 4.51. The maximum Gasteiger partial charge on any atom is 0.416 e. The van der Waals surface area contributed by atoms with Crippen LogP contribution in [0, 0.1) is 5.92 Å². The fraction of sp³-hybridized carbons (Fsp3) is 0.429. The van der Waals surface area contributed by atoms with E-state index < -0.39 is 47.0 Å². The van der Waals surface area contributed by atoms with Gasteiger partial charge in [0.15, 0.2) is 0 Å². The average molecular weight is 355 g/mol. The predicted octanol–water partition coefficient (Wildman–Crippen LogP) is 3.25. The number of amides is 1. The second-order valence-electron chi connectivity index (χ2n) is 5.19. The molecule has 1 heterocycles. The number of hydrogen-bond donors (Lipinski definition) is 0. The summed E-state index contributed by atoms with van der Waals surface area (Å²) >= 11 is 0. The quantitative estimate of drug-likeness (QED) is 0.604. The fourth-order valence-electron chi connectivity index (χ4n) is 2.38. The van der Waals surface area contributed by atoms with Crippen molar-refractivity contribution in [3.63, 3.8) is 0 Å². The summed E-state index contributed by atoms with van der Waals surface area (Å²) in [6.45, 7) is -0.343. The fourth-order valence-corrected chi connectivity index (χ4v) is 2.38. The van der Waals surface area contributed by atoms with Gasteiger partial charge in [-0.1, -0.05) is 0 Å². The van der Waals surface area contributed by atoms with Gasteiger partial charge in [0.25, 0.3) is 0 Å². The van der Waals surface area contributed by atoms with Gasteiger partial charge in [0.2, 0.25) is 5.91 Å². The molecule has 1 aromatic rings. The first-order valence-electron chi connectivity index (χ1n) is 6.61. The number of hydrogen-bond acceptors (Lipinski definition) is 3. The van der Waals surface area contributed by atoms with Gasteiger partial charge in [-0.2, -0.15) is 26.3 Å². The smallest absolute Gasteiger partial charge is 0.416 e. The molecule has 1 unspecified atom stereocenters. The monoisotopic (exact) mass is 355 g/mol. The van der Waals surface area contributed by atoms with E-state index in [0.29, 0.717) is 12.1 Å². The Hall–Kier alpha value is -2.26. The van der Waals surface area contributed by atoms with Gasteiger partial charge < -0.3 is 9.64 Å². The van der Waals surface area contributed by atoms with E-state index in [9.17, 15) is 35.9 Å². The number of anilines is 1. The van der Waals surface area contributed by atoms with E-state index >= 15 is 0 Å². The average Bonchev–Trinajstić information content (AvgIpc) is 2.86. The van der Waals surface area contributed by atoms with Crippen LogP contribution in [0.4, 0.5) is 32.0 Å². The Labute approximate surface area is 132 Å². The zero-order valence-corrected chi connectivity index (χ0v) is 12.2. The maximum absolute atomic E-state index is 12.8. The van der Waals surface area contributed by atoms with Crippen molar-refractivity contribution in [2.24, 2.45) is 5.92 Å². The predicted molar refractivity (Wildman–Crippen MR) is 68.9 cm³/mol. The molecule has 1 amide bonds. The molecule has 1 atom stereocenters. The highest BCUT2D eigenvalue weighted by Gasteiger charge is 2.40. The zero-order valence-electron chi connectivity index (χ0n) is 12.2. The highest BCUT2D eigenvalue weighted by Crippen LogP contribution is 2.39. The third-order valence-electron chi connectivity index (χ3n) is 3.54. The number of nitrogens with zero attached hydrogens (tertiary/aromatic N) is 1. The van der Waals surface area contributed by atoms with Crippen LogP contribution in [0.25, 0.3) is 0 Å². The lowest BCUT2D eigenvalue weighted by atomic mass is 10.1. The summed E-state index contributed by atoms with van der Waals surface area (Å²) in [6, 6.07) is 0.876. The largest absolute Gasteiger partial charge is 0.469 e. The summed E-state index contributed by atoms with van der Waals surface area (Å²) in [5.74, 6) is -2.45. The minimum Gasteiger partial charge on any atom is -0.469 e. The summed E-state index contributed by atoms with van der Waals surface area (Å²) < 4.78 is 81.5. The van der Waals surface area contributed by atoms with Crippen molar-refractivity contribution in [1.82, 2.24) is 0 Å². The number of halogens is 6. The molecule has 132 valence electrons. The molecule has 1 aromatic carbocycles. The maximum atomic E-state index is 12.8. The Balaban J connectivity index is 2.46. The van der Waals surface area contributed by atoms with Crippen molar-refractivity contribution in [1.29, 1.82) is 0 Å². The van der Waals surface area contributed by atoms with Crippen LogP contribution in [0.1, 0.15) is 17.5 Å². The van der Waals surface area contributed by atoms with Crippen molar-refractivity contribution < 1.29 is 40.7 Å². The number of carbonyl (C=O) groups is 2. The molecule has 0 aliphatic carbocycles. The van der Waals surface area contributed by atoms with Crippen LogP contribution in [0.2, 0.25) is 0 Å². The van der Waals surface area contributed by atoms with Gasteiger partial charge in [0.05, 0.1) is 24.2 Å². The van der Waals surface area contributed by atoms with Crippen LogP contribution in [0.5, 0.6) is 0 Å². The number of carbonyl (C=O) groups excluding carboxylic acids is 2. The number of benzene rings is 1. The van der Waals surface area contributed by atoms with E-state index in [1.165, 1.54) is 0 Å². The molecule has 10 heteroatoms. The van der Waals surface area contributed by atoms with Crippen molar-refractivity contribution in [2.45, 2.75) is 18.8 Å². The van der Waals surface area contributed by atoms with Crippen LogP contribution in [-0.4, -0.2) is 25.5 Å². The van der Waals surface area contributed by atoms with Crippen LogP contribution in [-0.2, 0) is 26.7 Å². The normalized spacial score (nSPS) is 18.9. The Morgan fingerprint density at radius 2 is 1.58 bits per heavy atom. The standard InChI is InChI=1S/C14H11F6NO3/c1-24-12(23)7-2-11(22)21(6-7)10-4-8(13(15,16)17)3-9(5-10)14(18,19)20/h3-5,7H,2,6H2,1H3. The SMILES string of the molecule is COC(=O)C1CC(=O)N(c2cc(C(F)(F)F)cc(C(F)(F)F)c2)C1. The molecule has 1 aliphatic heterocycles. The van der Waals surface area contributed by atoms with E-state index in [-0.39, 0.29) is 19.0 Å². The van der Waals surface area contributed by atoms with E-state index in [2.05, 4.69) is 4.74 Å². The lowest BCUT2D eigenvalue weighted by molar-refractivity contribution is -0.145. The topological polar surface area (TPSA) is 46.6 Å². The molecule has 0 spiro atoms. The second-order valence-corrected chi connectivity index (χ2v) is 5.19. The molecule has 2 rings (SSSR count). The Morgan fingerprint density at radius 1 is 1.08 bits per heavy atom. The van der Waals surface area contributed by atoms with Gasteiger partial charge >= 0.3 is 18.3 Å². The third kappa shape index (κ3) is 3.62. The lowest BCUT2D eigenvalue weighted by Gasteiger charge is -2.20. The molecule has 1 saturated heterocycles. The molecule has 0 radical (unpaired) electrons. The summed E-state index contributed by atoms with van der Waals surface area (Å²) in [4.78, 5) is 24.0. The van der Waals surface area contributed by atoms with Crippen molar-refractivity contribution in [3.8, 4) is 0 Å².